The Kier molecular flexibility index (Phi) is 4.34. The van der Waals surface area contributed by atoms with Crippen LogP contribution in [0.2, 0.25) is 0 Å². The second-order valence-corrected chi connectivity index (χ2v) is 5.77. The van der Waals surface area contributed by atoms with Gasteiger partial charge in [-0.1, -0.05) is 6.42 Å². The minimum atomic E-state index is -0.156. The van der Waals surface area contributed by atoms with Gasteiger partial charge in [0, 0.05) is 24.7 Å². The first-order chi connectivity index (χ1) is 10.3. The fourth-order valence-electron chi connectivity index (χ4n) is 3.01. The first-order valence-electron chi connectivity index (χ1n) is 7.68. The number of hydrogen-bond acceptors (Lipinski definition) is 5. The predicted molar refractivity (Wildman–Crippen MR) is 78.3 cm³/mol. The molecule has 114 valence electrons. The lowest BCUT2D eigenvalue weighted by Gasteiger charge is -2.35. The standard InChI is InChI=1S/C15H22N4O2/c1-21-14-8-13(17-10-18-14)15(20)16-9-12-4-2-3-7-19(12)11-5-6-11/h8,10-12H,2-7,9H2,1H3,(H,16,20). The molecule has 21 heavy (non-hydrogen) atoms. The summed E-state index contributed by atoms with van der Waals surface area (Å²) in [5.41, 5.74) is 0.357. The average Bonchev–Trinajstić information content (AvgIpc) is 3.37. The van der Waals surface area contributed by atoms with E-state index in [1.54, 1.807) is 6.07 Å². The van der Waals surface area contributed by atoms with Gasteiger partial charge in [-0.05, 0) is 32.2 Å². The zero-order valence-electron chi connectivity index (χ0n) is 12.4. The number of piperidine rings is 1. The normalized spacial score (nSPS) is 22.8. The second kappa shape index (κ2) is 6.39. The van der Waals surface area contributed by atoms with Gasteiger partial charge in [0.1, 0.15) is 12.0 Å². The summed E-state index contributed by atoms with van der Waals surface area (Å²) in [5.74, 6) is 0.254. The molecule has 1 unspecified atom stereocenters. The number of rotatable bonds is 5. The van der Waals surface area contributed by atoms with E-state index < -0.39 is 0 Å². The van der Waals surface area contributed by atoms with E-state index in [2.05, 4.69) is 20.2 Å². The summed E-state index contributed by atoms with van der Waals surface area (Å²) < 4.78 is 5.02. The molecule has 2 fully saturated rings. The van der Waals surface area contributed by atoms with Gasteiger partial charge in [-0.25, -0.2) is 9.97 Å². The zero-order chi connectivity index (χ0) is 14.7. The monoisotopic (exact) mass is 290 g/mol. The second-order valence-electron chi connectivity index (χ2n) is 5.77. The van der Waals surface area contributed by atoms with Crippen LogP contribution in [0, 0.1) is 0 Å². The Morgan fingerprint density at radius 2 is 2.24 bits per heavy atom. The predicted octanol–water partition coefficient (Wildman–Crippen LogP) is 1.23. The van der Waals surface area contributed by atoms with Crippen molar-refractivity contribution in [1.29, 1.82) is 0 Å². The maximum Gasteiger partial charge on any atom is 0.270 e. The van der Waals surface area contributed by atoms with Gasteiger partial charge < -0.3 is 10.1 Å². The minimum Gasteiger partial charge on any atom is -0.481 e. The quantitative estimate of drug-likeness (QED) is 0.883. The van der Waals surface area contributed by atoms with E-state index in [-0.39, 0.29) is 5.91 Å². The van der Waals surface area contributed by atoms with Crippen molar-refractivity contribution in [2.75, 3.05) is 20.2 Å². The fraction of sp³-hybridized carbons (Fsp3) is 0.667. The molecule has 1 atom stereocenters. The molecule has 1 N–H and O–H groups in total. The number of nitrogens with one attached hydrogen (secondary N) is 1. The van der Waals surface area contributed by atoms with Crippen LogP contribution in [0.1, 0.15) is 42.6 Å². The van der Waals surface area contributed by atoms with E-state index in [1.165, 1.54) is 52.1 Å². The number of nitrogens with zero attached hydrogens (tertiary/aromatic N) is 3. The molecule has 0 radical (unpaired) electrons. The molecule has 0 bridgehead atoms. The number of carbonyl (C=O) groups excluding carboxylic acids is 1. The van der Waals surface area contributed by atoms with Gasteiger partial charge in [0.15, 0.2) is 0 Å². The molecule has 1 aromatic rings. The maximum atomic E-state index is 12.2. The van der Waals surface area contributed by atoms with Gasteiger partial charge in [-0.2, -0.15) is 0 Å². The summed E-state index contributed by atoms with van der Waals surface area (Å²) in [6, 6.07) is 2.79. The van der Waals surface area contributed by atoms with Crippen LogP contribution >= 0.6 is 0 Å². The van der Waals surface area contributed by atoms with Crippen LogP contribution in [0.5, 0.6) is 5.88 Å². The molecule has 1 aliphatic carbocycles. The van der Waals surface area contributed by atoms with Crippen molar-refractivity contribution in [2.24, 2.45) is 0 Å². The van der Waals surface area contributed by atoms with Crippen LogP contribution < -0.4 is 10.1 Å². The topological polar surface area (TPSA) is 67.3 Å². The van der Waals surface area contributed by atoms with Gasteiger partial charge in [0.2, 0.25) is 5.88 Å². The Labute approximate surface area is 124 Å². The molecule has 2 heterocycles. The lowest BCUT2D eigenvalue weighted by molar-refractivity contribution is 0.0901. The van der Waals surface area contributed by atoms with Crippen LogP contribution in [0.3, 0.4) is 0 Å². The average molecular weight is 290 g/mol. The molecule has 1 saturated heterocycles. The molecule has 2 aliphatic rings. The molecule has 6 nitrogen and oxygen atoms in total. The van der Waals surface area contributed by atoms with Crippen LogP contribution in [-0.4, -0.2) is 53.1 Å². The van der Waals surface area contributed by atoms with Crippen LogP contribution in [0.4, 0.5) is 0 Å². The summed E-state index contributed by atoms with van der Waals surface area (Å²) in [5, 5.41) is 3.01. The largest absolute Gasteiger partial charge is 0.481 e. The third-order valence-electron chi connectivity index (χ3n) is 4.27. The van der Waals surface area contributed by atoms with Crippen LogP contribution in [0.25, 0.3) is 0 Å². The molecular formula is C15H22N4O2. The van der Waals surface area contributed by atoms with Crippen molar-refractivity contribution in [3.63, 3.8) is 0 Å². The van der Waals surface area contributed by atoms with Crippen molar-refractivity contribution in [2.45, 2.75) is 44.2 Å². The van der Waals surface area contributed by atoms with Gasteiger partial charge in [0.05, 0.1) is 7.11 Å². The number of amides is 1. The number of carbonyl (C=O) groups is 1. The van der Waals surface area contributed by atoms with Gasteiger partial charge in [0.25, 0.3) is 5.91 Å². The van der Waals surface area contributed by atoms with E-state index in [9.17, 15) is 4.79 Å². The molecule has 1 aromatic heterocycles. The highest BCUT2D eigenvalue weighted by molar-refractivity contribution is 5.92. The summed E-state index contributed by atoms with van der Waals surface area (Å²) in [4.78, 5) is 22.7. The van der Waals surface area contributed by atoms with E-state index in [4.69, 9.17) is 4.74 Å². The lowest BCUT2D eigenvalue weighted by atomic mass is 10.0. The van der Waals surface area contributed by atoms with E-state index in [1.807, 2.05) is 0 Å². The Balaban J connectivity index is 1.56. The molecule has 1 amide bonds. The Morgan fingerprint density at radius 1 is 1.38 bits per heavy atom. The molecule has 1 aliphatic heterocycles. The molecule has 3 rings (SSSR count). The molecular weight excluding hydrogens is 268 g/mol. The summed E-state index contributed by atoms with van der Waals surface area (Å²) in [7, 11) is 1.53. The summed E-state index contributed by atoms with van der Waals surface area (Å²) in [6.45, 7) is 1.87. The highest BCUT2D eigenvalue weighted by Crippen LogP contribution is 2.32. The summed E-state index contributed by atoms with van der Waals surface area (Å²) >= 11 is 0. The van der Waals surface area contributed by atoms with E-state index >= 15 is 0 Å². The number of likely N-dealkylation sites (tertiary alicyclic amines) is 1. The van der Waals surface area contributed by atoms with Crippen molar-refractivity contribution < 1.29 is 9.53 Å². The molecule has 0 spiro atoms. The fourth-order valence-corrected chi connectivity index (χ4v) is 3.01. The third-order valence-corrected chi connectivity index (χ3v) is 4.27. The number of ether oxygens (including phenoxy) is 1. The van der Waals surface area contributed by atoms with E-state index in [0.717, 1.165) is 6.04 Å². The molecule has 0 aromatic carbocycles. The highest BCUT2D eigenvalue weighted by Gasteiger charge is 2.35. The number of methoxy groups -OCH3 is 1. The highest BCUT2D eigenvalue weighted by atomic mass is 16.5. The first kappa shape index (κ1) is 14.3. The molecule has 1 saturated carbocycles. The Bertz CT molecular complexity index is 504. The minimum absolute atomic E-state index is 0.156. The lowest BCUT2D eigenvalue weighted by Crippen LogP contribution is -2.47. The first-order valence-corrected chi connectivity index (χ1v) is 7.68. The Hall–Kier alpha value is -1.69. The van der Waals surface area contributed by atoms with Gasteiger partial charge >= 0.3 is 0 Å². The maximum absolute atomic E-state index is 12.2. The van der Waals surface area contributed by atoms with E-state index in [0.29, 0.717) is 24.2 Å². The van der Waals surface area contributed by atoms with Crippen molar-refractivity contribution in [3.05, 3.63) is 18.1 Å². The van der Waals surface area contributed by atoms with Crippen LogP contribution in [-0.2, 0) is 0 Å². The third kappa shape index (κ3) is 3.50. The van der Waals surface area contributed by atoms with Crippen LogP contribution in [0.15, 0.2) is 12.4 Å². The smallest absolute Gasteiger partial charge is 0.270 e. The van der Waals surface area contributed by atoms with Crippen molar-refractivity contribution >= 4 is 5.91 Å². The van der Waals surface area contributed by atoms with Crippen molar-refractivity contribution in [3.8, 4) is 5.88 Å². The summed E-state index contributed by atoms with van der Waals surface area (Å²) in [6.07, 6.45) is 7.69. The molecule has 6 heteroatoms. The number of aromatic nitrogens is 2. The SMILES string of the molecule is COc1cc(C(=O)NCC2CCCCN2C2CC2)ncn1. The Morgan fingerprint density at radius 3 is 3.00 bits per heavy atom. The van der Waals surface area contributed by atoms with Crippen molar-refractivity contribution in [1.82, 2.24) is 20.2 Å². The van der Waals surface area contributed by atoms with Gasteiger partial charge in [-0.3, -0.25) is 9.69 Å². The van der Waals surface area contributed by atoms with Gasteiger partial charge in [-0.15, -0.1) is 0 Å². The number of hydrogen-bond donors (Lipinski definition) is 1. The zero-order valence-corrected chi connectivity index (χ0v) is 12.4.